The number of thiazole rings is 1. The Morgan fingerprint density at radius 3 is 3.05 bits per heavy atom. The molecule has 0 spiro atoms. The van der Waals surface area contributed by atoms with E-state index in [1.807, 2.05) is 6.92 Å². The minimum absolute atomic E-state index is 0.209. The average molecular weight is 283 g/mol. The fraction of sp³-hybridized carbons (Fsp3) is 0.583. The summed E-state index contributed by atoms with van der Waals surface area (Å²) in [6, 6.07) is -0.209. The Kier molecular flexibility index (Phi) is 4.36. The Balaban J connectivity index is 1.84. The summed E-state index contributed by atoms with van der Waals surface area (Å²) in [6.45, 7) is 3.27. The summed E-state index contributed by atoms with van der Waals surface area (Å²) >= 11 is 1.54. The molecule has 0 bridgehead atoms. The van der Waals surface area contributed by atoms with Crippen LogP contribution in [0.25, 0.3) is 0 Å². The number of piperidine rings is 1. The molecule has 1 aliphatic heterocycles. The van der Waals surface area contributed by atoms with Crippen molar-refractivity contribution < 1.29 is 14.7 Å². The zero-order valence-corrected chi connectivity index (χ0v) is 11.6. The molecule has 1 aromatic rings. The molecule has 7 heteroatoms. The van der Waals surface area contributed by atoms with Gasteiger partial charge in [0.25, 0.3) is 0 Å². The van der Waals surface area contributed by atoms with Crippen molar-refractivity contribution in [2.75, 3.05) is 13.1 Å². The third-order valence-electron chi connectivity index (χ3n) is 3.12. The lowest BCUT2D eigenvalue weighted by Gasteiger charge is -2.30. The molecule has 1 aliphatic rings. The number of hydrogen-bond donors (Lipinski definition) is 2. The average Bonchev–Trinajstić information content (AvgIpc) is 2.82. The Bertz CT molecular complexity index is 475. The number of carbonyl (C=O) groups is 2. The number of aliphatic carboxylic acids is 1. The van der Waals surface area contributed by atoms with Gasteiger partial charge in [-0.05, 0) is 19.8 Å². The molecule has 1 saturated heterocycles. The molecule has 0 aliphatic carbocycles. The number of hydrogen-bond acceptors (Lipinski definition) is 4. The second-order valence-corrected chi connectivity index (χ2v) is 5.97. The summed E-state index contributed by atoms with van der Waals surface area (Å²) in [5, 5.41) is 12.6. The van der Waals surface area contributed by atoms with Crippen LogP contribution in [0.15, 0.2) is 6.20 Å². The number of nitrogens with one attached hydrogen (secondary N) is 1. The third-order valence-corrected chi connectivity index (χ3v) is 4.03. The van der Waals surface area contributed by atoms with E-state index in [0.717, 1.165) is 16.3 Å². The molecule has 2 heterocycles. The fourth-order valence-electron chi connectivity index (χ4n) is 2.11. The Hall–Kier alpha value is -1.63. The summed E-state index contributed by atoms with van der Waals surface area (Å²) in [4.78, 5) is 29.7. The predicted molar refractivity (Wildman–Crippen MR) is 71.0 cm³/mol. The van der Waals surface area contributed by atoms with Gasteiger partial charge in [-0.3, -0.25) is 4.79 Å². The number of carbonyl (C=O) groups excluding carboxylic acids is 1. The van der Waals surface area contributed by atoms with Crippen LogP contribution < -0.4 is 5.32 Å². The van der Waals surface area contributed by atoms with Crippen LogP contribution in [0.5, 0.6) is 0 Å². The van der Waals surface area contributed by atoms with Gasteiger partial charge in [0.1, 0.15) is 5.01 Å². The van der Waals surface area contributed by atoms with E-state index in [9.17, 15) is 9.59 Å². The van der Waals surface area contributed by atoms with E-state index in [0.29, 0.717) is 19.5 Å². The van der Waals surface area contributed by atoms with Crippen molar-refractivity contribution >= 4 is 23.3 Å². The monoisotopic (exact) mass is 283 g/mol. The summed E-state index contributed by atoms with van der Waals surface area (Å²) in [6.07, 6.45) is 3.15. The zero-order chi connectivity index (χ0) is 13.8. The maximum absolute atomic E-state index is 11.9. The number of nitrogens with zero attached hydrogens (tertiary/aromatic N) is 2. The van der Waals surface area contributed by atoms with E-state index in [1.165, 1.54) is 0 Å². The lowest BCUT2D eigenvalue weighted by molar-refractivity contribution is -0.143. The molecule has 104 valence electrons. The molecule has 2 rings (SSSR count). The Morgan fingerprint density at radius 2 is 2.42 bits per heavy atom. The number of urea groups is 1. The third kappa shape index (κ3) is 3.66. The first-order valence-electron chi connectivity index (χ1n) is 6.23. The van der Waals surface area contributed by atoms with E-state index in [-0.39, 0.29) is 12.6 Å². The number of amides is 2. The molecule has 1 atom stereocenters. The van der Waals surface area contributed by atoms with Gasteiger partial charge in [-0.15, -0.1) is 11.3 Å². The summed E-state index contributed by atoms with van der Waals surface area (Å²) in [5.41, 5.74) is 0. The van der Waals surface area contributed by atoms with Crippen LogP contribution in [0.4, 0.5) is 4.79 Å². The van der Waals surface area contributed by atoms with E-state index in [4.69, 9.17) is 5.11 Å². The normalized spacial score (nSPS) is 19.2. The van der Waals surface area contributed by atoms with Gasteiger partial charge in [0.2, 0.25) is 0 Å². The van der Waals surface area contributed by atoms with Gasteiger partial charge in [-0.2, -0.15) is 0 Å². The standard InChI is InChI=1S/C12H17N3O3S/c1-8-5-13-10(19-8)6-14-12(18)15-4-2-3-9(7-15)11(16)17/h5,9H,2-4,6-7H2,1H3,(H,14,18)(H,16,17). The van der Waals surface area contributed by atoms with Crippen molar-refractivity contribution in [1.82, 2.24) is 15.2 Å². The number of aromatic nitrogens is 1. The van der Waals surface area contributed by atoms with Crippen molar-refractivity contribution in [1.29, 1.82) is 0 Å². The van der Waals surface area contributed by atoms with E-state index < -0.39 is 11.9 Å². The minimum Gasteiger partial charge on any atom is -0.481 e. The minimum atomic E-state index is -0.826. The maximum Gasteiger partial charge on any atom is 0.317 e. The lowest BCUT2D eigenvalue weighted by atomic mass is 9.99. The molecular weight excluding hydrogens is 266 g/mol. The van der Waals surface area contributed by atoms with Gasteiger partial charge in [0.05, 0.1) is 12.5 Å². The molecule has 1 fully saturated rings. The molecule has 0 saturated carbocycles. The molecule has 0 aromatic carbocycles. The molecule has 1 aromatic heterocycles. The van der Waals surface area contributed by atoms with Crippen LogP contribution in [0.1, 0.15) is 22.7 Å². The first-order valence-corrected chi connectivity index (χ1v) is 7.05. The van der Waals surface area contributed by atoms with Crippen LogP contribution in [-0.2, 0) is 11.3 Å². The second-order valence-electron chi connectivity index (χ2n) is 4.65. The Morgan fingerprint density at radius 1 is 1.63 bits per heavy atom. The molecule has 0 radical (unpaired) electrons. The highest BCUT2D eigenvalue weighted by atomic mass is 32.1. The first kappa shape index (κ1) is 13.8. The van der Waals surface area contributed by atoms with Crippen LogP contribution in [0.2, 0.25) is 0 Å². The highest BCUT2D eigenvalue weighted by Gasteiger charge is 2.27. The van der Waals surface area contributed by atoms with Gasteiger partial charge < -0.3 is 15.3 Å². The summed E-state index contributed by atoms with van der Waals surface area (Å²) in [7, 11) is 0. The highest BCUT2D eigenvalue weighted by molar-refractivity contribution is 7.11. The number of rotatable bonds is 3. The molecule has 19 heavy (non-hydrogen) atoms. The lowest BCUT2D eigenvalue weighted by Crippen LogP contribution is -2.46. The Labute approximate surface area is 115 Å². The van der Waals surface area contributed by atoms with Crippen molar-refractivity contribution in [2.24, 2.45) is 5.92 Å². The molecular formula is C12H17N3O3S. The first-order chi connectivity index (χ1) is 9.06. The van der Waals surface area contributed by atoms with E-state index in [2.05, 4.69) is 10.3 Å². The molecule has 2 N–H and O–H groups in total. The smallest absolute Gasteiger partial charge is 0.317 e. The number of carboxylic acids is 1. The quantitative estimate of drug-likeness (QED) is 0.879. The van der Waals surface area contributed by atoms with Crippen LogP contribution in [0, 0.1) is 12.8 Å². The SMILES string of the molecule is Cc1cnc(CNC(=O)N2CCCC(C(=O)O)C2)s1. The van der Waals surface area contributed by atoms with Gasteiger partial charge in [-0.25, -0.2) is 9.78 Å². The van der Waals surface area contributed by atoms with Crippen molar-refractivity contribution in [3.63, 3.8) is 0 Å². The largest absolute Gasteiger partial charge is 0.481 e. The van der Waals surface area contributed by atoms with Crippen LogP contribution >= 0.6 is 11.3 Å². The summed E-state index contributed by atoms with van der Waals surface area (Å²) in [5.74, 6) is -1.27. The van der Waals surface area contributed by atoms with Crippen molar-refractivity contribution in [3.8, 4) is 0 Å². The maximum atomic E-state index is 11.9. The van der Waals surface area contributed by atoms with Crippen molar-refractivity contribution in [2.45, 2.75) is 26.3 Å². The molecule has 1 unspecified atom stereocenters. The van der Waals surface area contributed by atoms with Gasteiger partial charge in [0, 0.05) is 24.2 Å². The fourth-order valence-corrected chi connectivity index (χ4v) is 2.84. The summed E-state index contributed by atoms with van der Waals surface area (Å²) < 4.78 is 0. The van der Waals surface area contributed by atoms with Gasteiger partial charge >= 0.3 is 12.0 Å². The van der Waals surface area contributed by atoms with Gasteiger partial charge in [-0.1, -0.05) is 0 Å². The molecule has 2 amide bonds. The van der Waals surface area contributed by atoms with E-state index >= 15 is 0 Å². The highest BCUT2D eigenvalue weighted by Crippen LogP contribution is 2.17. The topological polar surface area (TPSA) is 82.5 Å². The second kappa shape index (κ2) is 6.01. The zero-order valence-electron chi connectivity index (χ0n) is 10.8. The van der Waals surface area contributed by atoms with Crippen LogP contribution in [-0.4, -0.2) is 40.1 Å². The predicted octanol–water partition coefficient (Wildman–Crippen LogP) is 1.46. The molecule has 6 nitrogen and oxygen atoms in total. The van der Waals surface area contributed by atoms with Gasteiger partial charge in [0.15, 0.2) is 0 Å². The number of likely N-dealkylation sites (tertiary alicyclic amines) is 1. The number of aryl methyl sites for hydroxylation is 1. The number of carboxylic acid groups (broad SMARTS) is 1. The van der Waals surface area contributed by atoms with Crippen LogP contribution in [0.3, 0.4) is 0 Å². The van der Waals surface area contributed by atoms with Crippen molar-refractivity contribution in [3.05, 3.63) is 16.1 Å². The van der Waals surface area contributed by atoms with E-state index in [1.54, 1.807) is 22.4 Å².